The number of anilines is 5. The average molecular weight is 552 g/mol. The molecular weight excluding hydrogens is 527 g/mol. The lowest BCUT2D eigenvalue weighted by molar-refractivity contribution is -0.137. The van der Waals surface area contributed by atoms with Crippen molar-refractivity contribution in [1.29, 1.82) is 0 Å². The van der Waals surface area contributed by atoms with E-state index in [0.717, 1.165) is 31.4 Å². The molecule has 1 aliphatic heterocycles. The highest BCUT2D eigenvalue weighted by Gasteiger charge is 2.32. The first-order chi connectivity index (χ1) is 19.4. The third-order valence-corrected chi connectivity index (χ3v) is 6.56. The molecule has 0 amide bonds. The Balaban J connectivity index is 1.39. The molecule has 0 radical (unpaired) electrons. The van der Waals surface area contributed by atoms with E-state index in [0.29, 0.717) is 23.8 Å². The highest BCUT2D eigenvalue weighted by molar-refractivity contribution is 5.64. The summed E-state index contributed by atoms with van der Waals surface area (Å²) in [5, 5.41) is 20.0. The van der Waals surface area contributed by atoms with Gasteiger partial charge in [0, 0.05) is 42.6 Å². The minimum atomic E-state index is -4.60. The number of aromatic nitrogens is 8. The van der Waals surface area contributed by atoms with Crippen LogP contribution < -0.4 is 15.5 Å². The van der Waals surface area contributed by atoms with Gasteiger partial charge >= 0.3 is 6.18 Å². The quantitative estimate of drug-likeness (QED) is 0.273. The average Bonchev–Trinajstić information content (AvgIpc) is 3.65. The van der Waals surface area contributed by atoms with Gasteiger partial charge in [-0.1, -0.05) is 0 Å². The standard InChI is InChI=1S/C25H24F3N11O/c26-25(27,28)16-9-18(11-20(10-16)39-15-29-14-31-39)33-23-34-22(32-17-4-7-37-8-5-30-21(37)12-17)35-24(36-23)38-6-2-1-3-19(38)13-40/h4-5,7-12,14-15,19,40H,1-3,6,13H2,(H2,32,33,34,35,36). The van der Waals surface area contributed by atoms with Crippen molar-refractivity contribution in [3.05, 3.63) is 67.1 Å². The molecule has 12 nitrogen and oxygen atoms in total. The minimum absolute atomic E-state index is 0.0283. The number of pyridine rings is 1. The molecule has 0 saturated carbocycles. The van der Waals surface area contributed by atoms with E-state index in [1.807, 2.05) is 33.8 Å². The monoisotopic (exact) mass is 551 g/mol. The molecule has 0 bridgehead atoms. The summed E-state index contributed by atoms with van der Waals surface area (Å²) >= 11 is 0. The van der Waals surface area contributed by atoms with Crippen LogP contribution in [-0.4, -0.2) is 63.4 Å². The van der Waals surface area contributed by atoms with Crippen molar-refractivity contribution in [2.75, 3.05) is 28.7 Å². The van der Waals surface area contributed by atoms with Gasteiger partial charge in [0.2, 0.25) is 17.8 Å². The second kappa shape index (κ2) is 10.4. The Bertz CT molecular complexity index is 1620. The van der Waals surface area contributed by atoms with Crippen LogP contribution in [0.3, 0.4) is 0 Å². The Morgan fingerprint density at radius 3 is 2.55 bits per heavy atom. The fourth-order valence-electron chi connectivity index (χ4n) is 4.63. The lowest BCUT2D eigenvalue weighted by atomic mass is 10.0. The van der Waals surface area contributed by atoms with Crippen molar-refractivity contribution in [3.8, 4) is 5.69 Å². The van der Waals surface area contributed by atoms with Gasteiger partial charge in [-0.05, 0) is 43.5 Å². The number of hydrogen-bond acceptors (Lipinski definition) is 10. The zero-order chi connectivity index (χ0) is 27.7. The normalized spacial score (nSPS) is 15.9. The first-order valence-electron chi connectivity index (χ1n) is 12.5. The van der Waals surface area contributed by atoms with Crippen LogP contribution in [0, 0.1) is 0 Å². The van der Waals surface area contributed by atoms with Crippen molar-refractivity contribution >= 4 is 34.9 Å². The Morgan fingerprint density at radius 1 is 0.975 bits per heavy atom. The number of nitrogens with zero attached hydrogens (tertiary/aromatic N) is 9. The number of benzene rings is 1. The number of imidazole rings is 1. The maximum atomic E-state index is 13.7. The summed E-state index contributed by atoms with van der Waals surface area (Å²) in [6.07, 6.45) is 5.88. The zero-order valence-electron chi connectivity index (χ0n) is 21.0. The molecule has 15 heteroatoms. The molecule has 0 spiro atoms. The summed E-state index contributed by atoms with van der Waals surface area (Å²) in [7, 11) is 0. The molecule has 1 atom stereocenters. The summed E-state index contributed by atoms with van der Waals surface area (Å²) in [5.74, 6) is 0.499. The molecule has 1 unspecified atom stereocenters. The molecule has 5 heterocycles. The maximum absolute atomic E-state index is 13.7. The summed E-state index contributed by atoms with van der Waals surface area (Å²) in [5.41, 5.74) is 0.747. The van der Waals surface area contributed by atoms with Crippen LogP contribution in [0.4, 0.5) is 42.4 Å². The van der Waals surface area contributed by atoms with E-state index in [2.05, 4.69) is 40.7 Å². The Kier molecular flexibility index (Phi) is 6.63. The van der Waals surface area contributed by atoms with Gasteiger partial charge in [-0.25, -0.2) is 14.6 Å². The number of fused-ring (bicyclic) bond motifs is 1. The first-order valence-corrected chi connectivity index (χ1v) is 12.5. The number of halogens is 3. The molecule has 0 aliphatic carbocycles. The number of nitrogens with one attached hydrogen (secondary N) is 2. The summed E-state index contributed by atoms with van der Waals surface area (Å²) in [6.45, 7) is 0.539. The second-order valence-corrected chi connectivity index (χ2v) is 9.27. The molecular formula is C25H24F3N11O. The second-order valence-electron chi connectivity index (χ2n) is 9.27. The van der Waals surface area contributed by atoms with Crippen molar-refractivity contribution in [3.63, 3.8) is 0 Å². The van der Waals surface area contributed by atoms with Crippen molar-refractivity contribution in [2.24, 2.45) is 0 Å². The predicted molar refractivity (Wildman–Crippen MR) is 140 cm³/mol. The number of rotatable bonds is 7. The minimum Gasteiger partial charge on any atom is -0.394 e. The van der Waals surface area contributed by atoms with Crippen molar-refractivity contribution in [1.82, 2.24) is 39.1 Å². The molecule has 1 saturated heterocycles. The van der Waals surface area contributed by atoms with Crippen LogP contribution in [-0.2, 0) is 6.18 Å². The molecule has 1 fully saturated rings. The summed E-state index contributed by atoms with van der Waals surface area (Å²) < 4.78 is 44.3. The van der Waals surface area contributed by atoms with Gasteiger partial charge in [-0.2, -0.15) is 33.2 Å². The molecule has 6 rings (SSSR count). The van der Waals surface area contributed by atoms with Gasteiger partial charge in [0.25, 0.3) is 0 Å². The molecule has 5 aromatic rings. The maximum Gasteiger partial charge on any atom is 0.416 e. The topological polar surface area (TPSA) is 134 Å². The van der Waals surface area contributed by atoms with Gasteiger partial charge in [0.15, 0.2) is 0 Å². The third kappa shape index (κ3) is 5.36. The van der Waals surface area contributed by atoms with E-state index < -0.39 is 11.7 Å². The van der Waals surface area contributed by atoms with Crippen molar-refractivity contribution in [2.45, 2.75) is 31.5 Å². The highest BCUT2D eigenvalue weighted by Crippen LogP contribution is 2.34. The largest absolute Gasteiger partial charge is 0.416 e. The first kappa shape index (κ1) is 25.5. The highest BCUT2D eigenvalue weighted by atomic mass is 19.4. The predicted octanol–water partition coefficient (Wildman–Crippen LogP) is 3.96. The van der Waals surface area contributed by atoms with Crippen LogP contribution in [0.15, 0.2) is 61.6 Å². The Hall–Kier alpha value is -4.79. The van der Waals surface area contributed by atoms with E-state index >= 15 is 0 Å². The number of piperidine rings is 1. The SMILES string of the molecule is OCC1CCCCN1c1nc(Nc2cc(-n3cncn3)cc(C(F)(F)F)c2)nc(Nc2ccn3ccnc3c2)n1. The smallest absolute Gasteiger partial charge is 0.394 e. The van der Waals surface area contributed by atoms with Gasteiger partial charge in [0.1, 0.15) is 18.3 Å². The molecule has 1 aliphatic rings. The number of hydrogen-bond donors (Lipinski definition) is 3. The zero-order valence-corrected chi connectivity index (χ0v) is 21.0. The summed E-state index contributed by atoms with van der Waals surface area (Å²) in [6, 6.07) is 6.89. The number of aliphatic hydroxyl groups excluding tert-OH is 1. The molecule has 40 heavy (non-hydrogen) atoms. The van der Waals surface area contributed by atoms with Crippen molar-refractivity contribution < 1.29 is 18.3 Å². The van der Waals surface area contributed by atoms with E-state index in [1.165, 1.54) is 23.4 Å². The Labute approximate surface area is 225 Å². The molecule has 3 N–H and O–H groups in total. The fourth-order valence-corrected chi connectivity index (χ4v) is 4.63. The van der Waals surface area contributed by atoms with Crippen LogP contribution in [0.2, 0.25) is 0 Å². The van der Waals surface area contributed by atoms with Crippen LogP contribution >= 0.6 is 0 Å². The lowest BCUT2D eigenvalue weighted by Crippen LogP contribution is -2.43. The summed E-state index contributed by atoms with van der Waals surface area (Å²) in [4.78, 5) is 23.6. The molecule has 206 valence electrons. The Morgan fingerprint density at radius 2 is 1.80 bits per heavy atom. The van der Waals surface area contributed by atoms with E-state index in [9.17, 15) is 18.3 Å². The van der Waals surface area contributed by atoms with Gasteiger partial charge in [0.05, 0.1) is 23.9 Å². The lowest BCUT2D eigenvalue weighted by Gasteiger charge is -2.34. The molecule has 4 aromatic heterocycles. The van der Waals surface area contributed by atoms with Crippen LogP contribution in [0.25, 0.3) is 11.3 Å². The van der Waals surface area contributed by atoms with E-state index in [1.54, 1.807) is 6.20 Å². The van der Waals surface area contributed by atoms with Gasteiger partial charge < -0.3 is 25.0 Å². The number of alkyl halides is 3. The fraction of sp³-hybridized carbons (Fsp3) is 0.280. The third-order valence-electron chi connectivity index (χ3n) is 6.56. The van der Waals surface area contributed by atoms with Gasteiger partial charge in [-0.15, -0.1) is 0 Å². The van der Waals surface area contributed by atoms with Crippen LogP contribution in [0.1, 0.15) is 24.8 Å². The number of aliphatic hydroxyl groups is 1. The van der Waals surface area contributed by atoms with E-state index in [4.69, 9.17) is 0 Å². The van der Waals surface area contributed by atoms with E-state index in [-0.39, 0.29) is 35.9 Å². The van der Waals surface area contributed by atoms with Crippen LogP contribution in [0.5, 0.6) is 0 Å². The van der Waals surface area contributed by atoms with Gasteiger partial charge in [-0.3, -0.25) is 0 Å². The molecule has 1 aromatic carbocycles.